The highest BCUT2D eigenvalue weighted by Crippen LogP contribution is 2.31. The van der Waals surface area contributed by atoms with Gasteiger partial charge in [-0.1, -0.05) is 12.1 Å². The van der Waals surface area contributed by atoms with E-state index in [0.717, 1.165) is 23.3 Å². The second-order valence-electron chi connectivity index (χ2n) is 6.91. The van der Waals surface area contributed by atoms with Gasteiger partial charge in [-0.05, 0) is 36.4 Å². The number of fused-ring (bicyclic) bond motifs is 1. The Morgan fingerprint density at radius 3 is 2.41 bits per heavy atom. The van der Waals surface area contributed by atoms with Crippen LogP contribution in [0.15, 0.2) is 59.6 Å². The second-order valence-corrected chi connectivity index (χ2v) is 8.85. The summed E-state index contributed by atoms with van der Waals surface area (Å²) in [5.41, 5.74) is 0.891. The third-order valence-corrected chi connectivity index (χ3v) is 6.83. The molecule has 1 aliphatic heterocycles. The Labute approximate surface area is 166 Å². The molecule has 2 aromatic heterocycles. The number of hydrogen-bond acceptors (Lipinski definition) is 4. The molecule has 10 heteroatoms. The van der Waals surface area contributed by atoms with Crippen LogP contribution in [-0.4, -0.2) is 53.4 Å². The Morgan fingerprint density at radius 1 is 0.966 bits per heavy atom. The van der Waals surface area contributed by atoms with Gasteiger partial charge in [-0.25, -0.2) is 12.9 Å². The van der Waals surface area contributed by atoms with Crippen LogP contribution >= 0.6 is 0 Å². The van der Waals surface area contributed by atoms with Gasteiger partial charge in [0.15, 0.2) is 0 Å². The quantitative estimate of drug-likeness (QED) is 0.646. The smallest absolute Gasteiger partial charge is 0.295 e. The van der Waals surface area contributed by atoms with Gasteiger partial charge in [0.1, 0.15) is 0 Å². The molecule has 0 bridgehead atoms. The number of sulfonamides is 1. The number of alkyl halides is 3. The summed E-state index contributed by atoms with van der Waals surface area (Å²) in [6.07, 6.45) is -2.73. The minimum atomic E-state index is -4.58. The monoisotopic (exact) mass is 424 g/mol. The second kappa shape index (κ2) is 7.43. The van der Waals surface area contributed by atoms with E-state index in [-0.39, 0.29) is 18.0 Å². The lowest BCUT2D eigenvalue weighted by molar-refractivity contribution is -0.137. The standard InChI is InChI=1S/C19H19F3N4O2S/c20-19(21,22)15-4-3-6-18(12-15)29(27,28)25-10-8-24(9-11-25)14-16-13-17-5-1-2-7-26(17)23-16/h1-7,12-13H,8-11,14H2. The van der Waals surface area contributed by atoms with E-state index in [9.17, 15) is 21.6 Å². The lowest BCUT2D eigenvalue weighted by Gasteiger charge is -2.33. The molecule has 0 aliphatic carbocycles. The maximum absolute atomic E-state index is 12.9. The fraction of sp³-hybridized carbons (Fsp3) is 0.316. The summed E-state index contributed by atoms with van der Waals surface area (Å²) < 4.78 is 67.3. The van der Waals surface area contributed by atoms with Crippen LogP contribution in [0.1, 0.15) is 11.3 Å². The number of hydrogen-bond donors (Lipinski definition) is 0. The number of aromatic nitrogens is 2. The maximum Gasteiger partial charge on any atom is 0.416 e. The molecule has 154 valence electrons. The topological polar surface area (TPSA) is 57.9 Å². The average molecular weight is 424 g/mol. The largest absolute Gasteiger partial charge is 0.416 e. The molecule has 6 nitrogen and oxygen atoms in total. The summed E-state index contributed by atoms with van der Waals surface area (Å²) in [7, 11) is -3.97. The molecule has 0 saturated carbocycles. The summed E-state index contributed by atoms with van der Waals surface area (Å²) >= 11 is 0. The van der Waals surface area contributed by atoms with Crippen LogP contribution in [0.25, 0.3) is 5.52 Å². The number of nitrogens with zero attached hydrogens (tertiary/aromatic N) is 4. The van der Waals surface area contributed by atoms with E-state index in [1.54, 1.807) is 4.52 Å². The van der Waals surface area contributed by atoms with Gasteiger partial charge in [-0.15, -0.1) is 0 Å². The minimum absolute atomic E-state index is 0.214. The number of rotatable bonds is 4. The van der Waals surface area contributed by atoms with Gasteiger partial charge in [0, 0.05) is 38.9 Å². The first kappa shape index (κ1) is 19.9. The third kappa shape index (κ3) is 4.14. The van der Waals surface area contributed by atoms with Gasteiger partial charge in [-0.2, -0.15) is 22.6 Å². The Morgan fingerprint density at radius 2 is 1.72 bits per heavy atom. The van der Waals surface area contributed by atoms with Crippen molar-refractivity contribution >= 4 is 15.5 Å². The zero-order chi connectivity index (χ0) is 20.6. The normalized spacial score (nSPS) is 17.1. The van der Waals surface area contributed by atoms with E-state index >= 15 is 0 Å². The molecule has 1 aliphatic rings. The van der Waals surface area contributed by atoms with Crippen molar-refractivity contribution in [1.29, 1.82) is 0 Å². The molecule has 3 heterocycles. The molecule has 3 aromatic rings. The molecule has 0 N–H and O–H groups in total. The lowest BCUT2D eigenvalue weighted by atomic mass is 10.2. The fourth-order valence-electron chi connectivity index (χ4n) is 3.41. The van der Waals surface area contributed by atoms with Crippen LogP contribution in [0.3, 0.4) is 0 Å². The molecule has 4 rings (SSSR count). The van der Waals surface area contributed by atoms with E-state index in [1.165, 1.54) is 10.4 Å². The number of pyridine rings is 1. The molecule has 1 aromatic carbocycles. The van der Waals surface area contributed by atoms with Gasteiger partial charge in [-0.3, -0.25) is 4.90 Å². The molecule has 0 amide bonds. The zero-order valence-corrected chi connectivity index (χ0v) is 16.2. The molecule has 29 heavy (non-hydrogen) atoms. The molecule has 1 saturated heterocycles. The van der Waals surface area contributed by atoms with Crippen molar-refractivity contribution in [2.75, 3.05) is 26.2 Å². The summed E-state index contributed by atoms with van der Waals surface area (Å²) in [4.78, 5) is 1.75. The van der Waals surface area contributed by atoms with Crippen LogP contribution < -0.4 is 0 Å². The third-order valence-electron chi connectivity index (χ3n) is 4.94. The Hall–Kier alpha value is -2.43. The van der Waals surface area contributed by atoms with Gasteiger partial charge in [0.2, 0.25) is 10.0 Å². The molecule has 1 fully saturated rings. The maximum atomic E-state index is 12.9. The van der Waals surface area contributed by atoms with Crippen molar-refractivity contribution in [3.8, 4) is 0 Å². The summed E-state index contributed by atoms with van der Waals surface area (Å²) in [5.74, 6) is 0. The minimum Gasteiger partial charge on any atom is -0.295 e. The van der Waals surface area contributed by atoms with E-state index in [1.807, 2.05) is 30.5 Å². The highest BCUT2D eigenvalue weighted by molar-refractivity contribution is 7.89. The summed E-state index contributed by atoms with van der Waals surface area (Å²) in [5, 5.41) is 4.49. The van der Waals surface area contributed by atoms with E-state index in [0.29, 0.717) is 25.7 Å². The van der Waals surface area contributed by atoms with E-state index in [2.05, 4.69) is 10.00 Å². The molecule has 0 unspecified atom stereocenters. The Bertz CT molecular complexity index is 1090. The van der Waals surface area contributed by atoms with Crippen molar-refractivity contribution < 1.29 is 21.6 Å². The predicted molar refractivity (Wildman–Crippen MR) is 101 cm³/mol. The first-order valence-electron chi connectivity index (χ1n) is 9.06. The highest BCUT2D eigenvalue weighted by atomic mass is 32.2. The van der Waals surface area contributed by atoms with Gasteiger partial charge < -0.3 is 0 Å². The van der Waals surface area contributed by atoms with Crippen LogP contribution in [0.5, 0.6) is 0 Å². The molecule has 0 spiro atoms. The van der Waals surface area contributed by atoms with Crippen LogP contribution in [0.4, 0.5) is 13.2 Å². The number of benzene rings is 1. The first-order chi connectivity index (χ1) is 13.7. The highest BCUT2D eigenvalue weighted by Gasteiger charge is 2.34. The van der Waals surface area contributed by atoms with Crippen LogP contribution in [0, 0.1) is 0 Å². The Balaban J connectivity index is 1.43. The van der Waals surface area contributed by atoms with Crippen molar-refractivity contribution in [2.24, 2.45) is 0 Å². The lowest BCUT2D eigenvalue weighted by Crippen LogP contribution is -2.48. The first-order valence-corrected chi connectivity index (χ1v) is 10.5. The molecular weight excluding hydrogens is 405 g/mol. The predicted octanol–water partition coefficient (Wildman–Crippen LogP) is 2.86. The zero-order valence-electron chi connectivity index (χ0n) is 15.4. The van der Waals surface area contributed by atoms with Crippen molar-refractivity contribution in [3.05, 3.63) is 66.0 Å². The van der Waals surface area contributed by atoms with Crippen LogP contribution in [-0.2, 0) is 22.7 Å². The fourth-order valence-corrected chi connectivity index (χ4v) is 4.88. The molecule has 0 atom stereocenters. The summed E-state index contributed by atoms with van der Waals surface area (Å²) in [6, 6.07) is 11.6. The van der Waals surface area contributed by atoms with E-state index < -0.39 is 21.8 Å². The summed E-state index contributed by atoms with van der Waals surface area (Å²) in [6.45, 7) is 1.97. The Kier molecular flexibility index (Phi) is 5.09. The number of piperazine rings is 1. The van der Waals surface area contributed by atoms with Crippen molar-refractivity contribution in [2.45, 2.75) is 17.6 Å². The van der Waals surface area contributed by atoms with Gasteiger partial charge >= 0.3 is 6.18 Å². The van der Waals surface area contributed by atoms with Crippen LogP contribution in [0.2, 0.25) is 0 Å². The van der Waals surface area contributed by atoms with Gasteiger partial charge in [0.05, 0.1) is 21.7 Å². The van der Waals surface area contributed by atoms with E-state index in [4.69, 9.17) is 0 Å². The van der Waals surface area contributed by atoms with Crippen molar-refractivity contribution in [3.63, 3.8) is 0 Å². The average Bonchev–Trinajstić information content (AvgIpc) is 3.10. The molecule has 0 radical (unpaired) electrons. The van der Waals surface area contributed by atoms with Crippen molar-refractivity contribution in [1.82, 2.24) is 18.8 Å². The number of halogens is 3. The molecular formula is C19H19F3N4O2S. The van der Waals surface area contributed by atoms with Gasteiger partial charge in [0.25, 0.3) is 0 Å². The SMILES string of the molecule is O=S(=O)(c1cccc(C(F)(F)F)c1)N1CCN(Cc2cc3ccccn3n2)CC1.